The van der Waals surface area contributed by atoms with Crippen molar-refractivity contribution in [3.05, 3.63) is 41.2 Å². The Bertz CT molecular complexity index is 393. The van der Waals surface area contributed by atoms with Gasteiger partial charge < -0.3 is 0 Å². The Balaban J connectivity index is 2.92. The van der Waals surface area contributed by atoms with Crippen molar-refractivity contribution in [2.24, 2.45) is 0 Å². The van der Waals surface area contributed by atoms with Gasteiger partial charge >= 0.3 is 0 Å². The number of benzene rings is 1. The normalized spacial score (nSPS) is 10.5. The Morgan fingerprint density at radius 2 is 2.27 bits per heavy atom. The number of halogens is 1. The van der Waals surface area contributed by atoms with Gasteiger partial charge in [-0.1, -0.05) is 18.2 Å². The smallest absolute Gasteiger partial charge is 0.123 e. The molecule has 0 aliphatic rings. The first-order chi connectivity index (χ1) is 7.27. The van der Waals surface area contributed by atoms with Crippen molar-refractivity contribution in [2.75, 3.05) is 5.75 Å². The third-order valence-electron chi connectivity index (χ3n) is 1.97. The molecule has 0 aromatic heterocycles. The van der Waals surface area contributed by atoms with Crippen molar-refractivity contribution in [3.8, 4) is 6.07 Å². The second kappa shape index (κ2) is 6.26. The minimum atomic E-state index is -0.276. The number of rotatable bonds is 4. The van der Waals surface area contributed by atoms with E-state index in [1.54, 1.807) is 6.07 Å². The molecule has 15 heavy (non-hydrogen) atoms. The molecule has 3 heteroatoms. The Kier molecular flexibility index (Phi) is 4.92. The van der Waals surface area contributed by atoms with Crippen LogP contribution in [0.5, 0.6) is 0 Å². The van der Waals surface area contributed by atoms with Gasteiger partial charge in [0.25, 0.3) is 0 Å². The maximum atomic E-state index is 13.0. The van der Waals surface area contributed by atoms with Crippen molar-refractivity contribution < 1.29 is 4.39 Å². The maximum Gasteiger partial charge on any atom is 0.123 e. The van der Waals surface area contributed by atoms with Crippen molar-refractivity contribution in [3.63, 3.8) is 0 Å². The molecule has 0 spiro atoms. The minimum Gasteiger partial charge on any atom is -0.207 e. The lowest BCUT2D eigenvalue weighted by Gasteiger charge is -2.01. The molecular weight excluding hydrogens is 209 g/mol. The second-order valence-corrected chi connectivity index (χ2v) is 3.54. The molecule has 0 saturated carbocycles. The van der Waals surface area contributed by atoms with Gasteiger partial charge in [-0.15, -0.1) is 0 Å². The summed E-state index contributed by atoms with van der Waals surface area (Å²) in [5, 5.41) is 8.60. The molecule has 0 heterocycles. The summed E-state index contributed by atoms with van der Waals surface area (Å²) in [5.41, 5.74) is 1.63. The first-order valence-electron chi connectivity index (χ1n) is 4.70. The number of hydrogen-bond acceptors (Lipinski definition) is 2. The number of nitrogens with zero attached hydrogens (tertiary/aromatic N) is 1. The van der Waals surface area contributed by atoms with Crippen LogP contribution in [-0.2, 0) is 6.42 Å². The molecule has 0 atom stereocenters. The van der Waals surface area contributed by atoms with Gasteiger partial charge in [0.1, 0.15) is 5.82 Å². The van der Waals surface area contributed by atoms with Gasteiger partial charge in [-0.25, -0.2) is 4.39 Å². The van der Waals surface area contributed by atoms with E-state index in [-0.39, 0.29) is 5.82 Å². The molecule has 0 aliphatic heterocycles. The summed E-state index contributed by atoms with van der Waals surface area (Å²) in [6.07, 6.45) is 4.92. The van der Waals surface area contributed by atoms with Crippen LogP contribution in [0.25, 0.3) is 6.08 Å². The van der Waals surface area contributed by atoms with Crippen LogP contribution in [-0.4, -0.2) is 5.75 Å². The van der Waals surface area contributed by atoms with Crippen LogP contribution < -0.4 is 0 Å². The Morgan fingerprint density at radius 1 is 1.47 bits per heavy atom. The summed E-state index contributed by atoms with van der Waals surface area (Å²) in [7, 11) is 0. The average molecular weight is 221 g/mol. The molecule has 0 fully saturated rings. The van der Waals surface area contributed by atoms with E-state index in [0.717, 1.165) is 23.3 Å². The average Bonchev–Trinajstić information content (AvgIpc) is 2.22. The monoisotopic (exact) mass is 221 g/mol. The van der Waals surface area contributed by atoms with Crippen molar-refractivity contribution in [1.82, 2.24) is 0 Å². The van der Waals surface area contributed by atoms with Gasteiger partial charge in [-0.05, 0) is 35.4 Å². The van der Waals surface area contributed by atoms with Crippen LogP contribution in [0.2, 0.25) is 0 Å². The maximum absolute atomic E-state index is 13.0. The lowest BCUT2D eigenvalue weighted by molar-refractivity contribution is 0.627. The highest BCUT2D eigenvalue weighted by molar-refractivity contribution is 7.80. The molecule has 0 amide bonds. The zero-order valence-electron chi connectivity index (χ0n) is 8.28. The summed E-state index contributed by atoms with van der Waals surface area (Å²) >= 11 is 4.08. The standard InChI is InChI=1S/C12H12FNS/c13-12-5-4-10(6-7-14)11(9-12)3-1-2-8-15/h1,3-5,9,15H,2,6,8H2. The summed E-state index contributed by atoms with van der Waals surface area (Å²) in [6, 6.07) is 6.54. The van der Waals surface area contributed by atoms with E-state index >= 15 is 0 Å². The molecule has 1 aromatic carbocycles. The van der Waals surface area contributed by atoms with Crippen LogP contribution in [0, 0.1) is 17.1 Å². The van der Waals surface area contributed by atoms with Gasteiger partial charge in [-0.2, -0.15) is 17.9 Å². The molecular formula is C12H12FNS. The predicted octanol–water partition coefficient (Wildman–Crippen LogP) is 3.22. The van der Waals surface area contributed by atoms with Crippen LogP contribution >= 0.6 is 12.6 Å². The predicted molar refractivity (Wildman–Crippen MR) is 63.2 cm³/mol. The zero-order valence-corrected chi connectivity index (χ0v) is 9.17. The van der Waals surface area contributed by atoms with E-state index < -0.39 is 0 Å². The van der Waals surface area contributed by atoms with Crippen molar-refractivity contribution in [1.29, 1.82) is 5.26 Å². The molecule has 0 radical (unpaired) electrons. The lowest BCUT2D eigenvalue weighted by atomic mass is 10.0. The van der Waals surface area contributed by atoms with Gasteiger partial charge in [0, 0.05) is 0 Å². The van der Waals surface area contributed by atoms with Crippen LogP contribution in [0.15, 0.2) is 24.3 Å². The first kappa shape index (κ1) is 11.8. The van der Waals surface area contributed by atoms with E-state index in [0.29, 0.717) is 6.42 Å². The van der Waals surface area contributed by atoms with Gasteiger partial charge in [0.2, 0.25) is 0 Å². The van der Waals surface area contributed by atoms with Crippen molar-refractivity contribution >= 4 is 18.7 Å². The fraction of sp³-hybridized carbons (Fsp3) is 0.250. The minimum absolute atomic E-state index is 0.276. The van der Waals surface area contributed by atoms with E-state index in [1.165, 1.54) is 12.1 Å². The summed E-state index contributed by atoms with van der Waals surface area (Å²) in [6.45, 7) is 0. The van der Waals surface area contributed by atoms with E-state index in [4.69, 9.17) is 5.26 Å². The second-order valence-electron chi connectivity index (χ2n) is 3.09. The topological polar surface area (TPSA) is 23.8 Å². The fourth-order valence-electron chi connectivity index (χ4n) is 1.25. The summed E-state index contributed by atoms with van der Waals surface area (Å²) < 4.78 is 13.0. The SMILES string of the molecule is N#CCc1ccc(F)cc1C=CCCS. The van der Waals surface area contributed by atoms with Crippen LogP contribution in [0.1, 0.15) is 17.5 Å². The molecule has 0 aliphatic carbocycles. The van der Waals surface area contributed by atoms with Crippen LogP contribution in [0.3, 0.4) is 0 Å². The molecule has 0 bridgehead atoms. The van der Waals surface area contributed by atoms with E-state index in [1.807, 2.05) is 12.2 Å². The molecule has 1 aromatic rings. The van der Waals surface area contributed by atoms with Gasteiger partial charge in [-0.3, -0.25) is 0 Å². The molecule has 0 N–H and O–H groups in total. The Hall–Kier alpha value is -1.27. The molecule has 0 unspecified atom stereocenters. The lowest BCUT2D eigenvalue weighted by Crippen LogP contribution is -1.88. The molecule has 78 valence electrons. The third-order valence-corrected chi connectivity index (χ3v) is 2.23. The largest absolute Gasteiger partial charge is 0.207 e. The quantitative estimate of drug-likeness (QED) is 0.775. The number of allylic oxidation sites excluding steroid dienone is 1. The molecule has 0 saturated heterocycles. The summed E-state index contributed by atoms with van der Waals surface area (Å²) in [4.78, 5) is 0. The molecule has 1 rings (SSSR count). The van der Waals surface area contributed by atoms with Crippen LogP contribution in [0.4, 0.5) is 4.39 Å². The number of thiol groups is 1. The Morgan fingerprint density at radius 3 is 2.93 bits per heavy atom. The highest BCUT2D eigenvalue weighted by Gasteiger charge is 2.00. The molecule has 1 nitrogen and oxygen atoms in total. The summed E-state index contributed by atoms with van der Waals surface area (Å²) in [5.74, 6) is 0.488. The van der Waals surface area contributed by atoms with Gasteiger partial charge in [0.05, 0.1) is 12.5 Å². The highest BCUT2D eigenvalue weighted by atomic mass is 32.1. The highest BCUT2D eigenvalue weighted by Crippen LogP contribution is 2.14. The van der Waals surface area contributed by atoms with E-state index in [9.17, 15) is 4.39 Å². The first-order valence-corrected chi connectivity index (χ1v) is 5.34. The van der Waals surface area contributed by atoms with Crippen molar-refractivity contribution in [2.45, 2.75) is 12.8 Å². The number of hydrogen-bond donors (Lipinski definition) is 1. The van der Waals surface area contributed by atoms with E-state index in [2.05, 4.69) is 18.7 Å². The zero-order chi connectivity index (χ0) is 11.1. The van der Waals surface area contributed by atoms with Gasteiger partial charge in [0.15, 0.2) is 0 Å². The fourth-order valence-corrected chi connectivity index (χ4v) is 1.40. The number of nitriles is 1. The Labute approximate surface area is 94.6 Å². The third kappa shape index (κ3) is 3.77.